The van der Waals surface area contributed by atoms with E-state index < -0.39 is 0 Å². The highest BCUT2D eigenvalue weighted by Crippen LogP contribution is 2.27. The topological polar surface area (TPSA) is 75.4 Å². The third kappa shape index (κ3) is 3.91. The number of hydrogen-bond acceptors (Lipinski definition) is 7. The van der Waals surface area contributed by atoms with Crippen LogP contribution < -0.4 is 0 Å². The second kappa shape index (κ2) is 7.58. The normalized spacial score (nSPS) is 15.3. The molecule has 0 N–H and O–H groups in total. The average molecular weight is 383 g/mol. The smallest absolute Gasteiger partial charge is 0.265 e. The van der Waals surface area contributed by atoms with Crippen LogP contribution in [0.1, 0.15) is 26.8 Å². The van der Waals surface area contributed by atoms with Crippen molar-refractivity contribution in [3.05, 3.63) is 52.5 Å². The molecule has 4 heterocycles. The summed E-state index contributed by atoms with van der Waals surface area (Å²) in [5.74, 6) is 0.924. The minimum absolute atomic E-state index is 0.0577. The number of thiazole rings is 1. The van der Waals surface area contributed by atoms with Gasteiger partial charge in [0, 0.05) is 38.4 Å². The number of carbonyl (C=O) groups excluding carboxylic acids is 1. The summed E-state index contributed by atoms with van der Waals surface area (Å²) in [6.07, 6.45) is 1.74. The van der Waals surface area contributed by atoms with E-state index in [-0.39, 0.29) is 5.91 Å². The molecule has 8 heteroatoms. The van der Waals surface area contributed by atoms with E-state index >= 15 is 0 Å². The van der Waals surface area contributed by atoms with Crippen LogP contribution >= 0.6 is 11.3 Å². The van der Waals surface area contributed by atoms with Gasteiger partial charge in [0.2, 0.25) is 0 Å². The van der Waals surface area contributed by atoms with Crippen LogP contribution in [0.2, 0.25) is 0 Å². The molecule has 3 aromatic heterocycles. The zero-order valence-electron chi connectivity index (χ0n) is 15.4. The Kier molecular flexibility index (Phi) is 5.00. The largest absolute Gasteiger partial charge is 0.360 e. The van der Waals surface area contributed by atoms with E-state index in [2.05, 4.69) is 20.0 Å². The highest BCUT2D eigenvalue weighted by molar-refractivity contribution is 7.17. The first-order valence-corrected chi connectivity index (χ1v) is 9.74. The molecule has 1 amide bonds. The van der Waals surface area contributed by atoms with Crippen LogP contribution in [0.25, 0.3) is 10.7 Å². The monoisotopic (exact) mass is 383 g/mol. The van der Waals surface area contributed by atoms with Crippen molar-refractivity contribution >= 4 is 17.2 Å². The Balaban J connectivity index is 1.40. The molecule has 1 aliphatic heterocycles. The second-order valence-electron chi connectivity index (χ2n) is 6.65. The molecule has 7 nitrogen and oxygen atoms in total. The molecule has 1 fully saturated rings. The predicted molar refractivity (Wildman–Crippen MR) is 103 cm³/mol. The minimum Gasteiger partial charge on any atom is -0.360 e. The Hall–Kier alpha value is -2.58. The zero-order valence-corrected chi connectivity index (χ0v) is 16.2. The molecule has 1 aliphatic rings. The molecule has 27 heavy (non-hydrogen) atoms. The summed E-state index contributed by atoms with van der Waals surface area (Å²) in [7, 11) is 0. The van der Waals surface area contributed by atoms with Crippen molar-refractivity contribution in [2.75, 3.05) is 26.2 Å². The Morgan fingerprint density at radius 2 is 2.04 bits per heavy atom. The van der Waals surface area contributed by atoms with E-state index in [1.165, 1.54) is 11.3 Å². The van der Waals surface area contributed by atoms with Gasteiger partial charge in [-0.05, 0) is 26.0 Å². The fourth-order valence-corrected chi connectivity index (χ4v) is 4.17. The molecular formula is C19H21N5O2S. The maximum absolute atomic E-state index is 13.0. The van der Waals surface area contributed by atoms with E-state index in [4.69, 9.17) is 4.52 Å². The first kappa shape index (κ1) is 17.8. The van der Waals surface area contributed by atoms with E-state index in [9.17, 15) is 4.79 Å². The highest BCUT2D eigenvalue weighted by Gasteiger charge is 2.26. The summed E-state index contributed by atoms with van der Waals surface area (Å²) in [5, 5.41) is 4.71. The molecule has 0 atom stereocenters. The quantitative estimate of drug-likeness (QED) is 0.690. The Morgan fingerprint density at radius 3 is 2.70 bits per heavy atom. The molecule has 1 saturated heterocycles. The summed E-state index contributed by atoms with van der Waals surface area (Å²) >= 11 is 1.42. The van der Waals surface area contributed by atoms with Gasteiger partial charge in [-0.15, -0.1) is 11.3 Å². The van der Waals surface area contributed by atoms with Crippen molar-refractivity contribution in [2.45, 2.75) is 20.4 Å². The Morgan fingerprint density at radius 1 is 1.22 bits per heavy atom. The summed E-state index contributed by atoms with van der Waals surface area (Å²) in [5.41, 5.74) is 2.46. The molecule has 0 aromatic carbocycles. The predicted octanol–water partition coefficient (Wildman–Crippen LogP) is 2.77. The third-order valence-corrected chi connectivity index (χ3v) is 5.76. The summed E-state index contributed by atoms with van der Waals surface area (Å²) in [4.78, 5) is 26.7. The Labute approximate surface area is 161 Å². The fraction of sp³-hybridized carbons (Fsp3) is 0.368. The minimum atomic E-state index is 0.0577. The number of piperazine rings is 1. The molecule has 0 unspecified atom stereocenters. The van der Waals surface area contributed by atoms with Crippen LogP contribution in [0.3, 0.4) is 0 Å². The van der Waals surface area contributed by atoms with E-state index in [0.717, 1.165) is 47.5 Å². The van der Waals surface area contributed by atoms with Crippen LogP contribution in [0.15, 0.2) is 35.0 Å². The molecule has 3 aromatic rings. The first-order valence-electron chi connectivity index (χ1n) is 8.93. The van der Waals surface area contributed by atoms with Gasteiger partial charge < -0.3 is 9.42 Å². The summed E-state index contributed by atoms with van der Waals surface area (Å²) in [6, 6.07) is 7.67. The Bertz CT molecular complexity index is 929. The lowest BCUT2D eigenvalue weighted by atomic mass is 10.2. The second-order valence-corrected chi connectivity index (χ2v) is 7.65. The number of pyridine rings is 1. The van der Waals surface area contributed by atoms with Gasteiger partial charge in [0.15, 0.2) is 5.76 Å². The van der Waals surface area contributed by atoms with Gasteiger partial charge in [-0.3, -0.25) is 14.7 Å². The van der Waals surface area contributed by atoms with Crippen LogP contribution in [-0.2, 0) is 6.54 Å². The maximum atomic E-state index is 13.0. The lowest BCUT2D eigenvalue weighted by Crippen LogP contribution is -2.48. The average Bonchev–Trinajstić information content (AvgIpc) is 3.28. The van der Waals surface area contributed by atoms with E-state index in [0.29, 0.717) is 18.0 Å². The molecule has 140 valence electrons. The van der Waals surface area contributed by atoms with Gasteiger partial charge >= 0.3 is 0 Å². The zero-order chi connectivity index (χ0) is 18.8. The lowest BCUT2D eigenvalue weighted by molar-refractivity contribution is 0.0621. The SMILES string of the molecule is Cc1cc(CN2CCN(C(=O)c3sc(-c4ccccn4)nc3C)CC2)on1. The molecular weight excluding hydrogens is 362 g/mol. The number of carbonyl (C=O) groups is 1. The molecule has 0 radical (unpaired) electrons. The van der Waals surface area contributed by atoms with E-state index in [1.807, 2.05) is 43.0 Å². The number of aryl methyl sites for hydroxylation is 2. The molecule has 0 bridgehead atoms. The van der Waals surface area contributed by atoms with Crippen molar-refractivity contribution in [3.63, 3.8) is 0 Å². The molecule has 0 saturated carbocycles. The number of nitrogens with zero attached hydrogens (tertiary/aromatic N) is 5. The summed E-state index contributed by atoms with van der Waals surface area (Å²) < 4.78 is 5.29. The van der Waals surface area contributed by atoms with Gasteiger partial charge in [0.25, 0.3) is 5.91 Å². The van der Waals surface area contributed by atoms with Crippen molar-refractivity contribution in [1.29, 1.82) is 0 Å². The highest BCUT2D eigenvalue weighted by atomic mass is 32.1. The van der Waals surface area contributed by atoms with Crippen molar-refractivity contribution in [3.8, 4) is 10.7 Å². The number of hydrogen-bond donors (Lipinski definition) is 0. The van der Waals surface area contributed by atoms with Crippen molar-refractivity contribution in [1.82, 2.24) is 24.9 Å². The van der Waals surface area contributed by atoms with Crippen molar-refractivity contribution in [2.24, 2.45) is 0 Å². The number of aromatic nitrogens is 3. The molecule has 0 spiro atoms. The van der Waals surface area contributed by atoms with Crippen LogP contribution in [0.4, 0.5) is 0 Å². The fourth-order valence-electron chi connectivity index (χ4n) is 3.16. The first-order chi connectivity index (χ1) is 13.1. The van der Waals surface area contributed by atoms with Crippen LogP contribution in [0.5, 0.6) is 0 Å². The van der Waals surface area contributed by atoms with Gasteiger partial charge in [-0.1, -0.05) is 11.2 Å². The lowest BCUT2D eigenvalue weighted by Gasteiger charge is -2.34. The standard InChI is InChI=1S/C19H21N5O2S/c1-13-11-15(26-22-13)12-23-7-9-24(10-8-23)19(25)17-14(2)21-18(27-17)16-5-3-4-6-20-16/h3-6,11H,7-10,12H2,1-2H3. The maximum Gasteiger partial charge on any atom is 0.265 e. The van der Waals surface area contributed by atoms with Crippen molar-refractivity contribution < 1.29 is 9.32 Å². The van der Waals surface area contributed by atoms with Gasteiger partial charge in [0.05, 0.1) is 23.6 Å². The van der Waals surface area contributed by atoms with E-state index in [1.54, 1.807) is 6.20 Å². The summed E-state index contributed by atoms with van der Waals surface area (Å²) in [6.45, 7) is 7.56. The number of amides is 1. The van der Waals surface area contributed by atoms with Gasteiger partial charge in [-0.25, -0.2) is 4.98 Å². The van der Waals surface area contributed by atoms with Gasteiger partial charge in [0.1, 0.15) is 9.88 Å². The van der Waals surface area contributed by atoms with Gasteiger partial charge in [-0.2, -0.15) is 0 Å². The number of rotatable bonds is 4. The molecule has 0 aliphatic carbocycles. The molecule has 4 rings (SSSR count). The van der Waals surface area contributed by atoms with Crippen LogP contribution in [-0.4, -0.2) is 57.0 Å². The van der Waals surface area contributed by atoms with Crippen LogP contribution in [0, 0.1) is 13.8 Å². The third-order valence-electron chi connectivity index (χ3n) is 4.59.